The summed E-state index contributed by atoms with van der Waals surface area (Å²) in [4.78, 5) is 23.9. The van der Waals surface area contributed by atoms with Gasteiger partial charge in [0.2, 0.25) is 0 Å². The van der Waals surface area contributed by atoms with E-state index < -0.39 is 41.2 Å². The Balaban J connectivity index is 1.66. The molecule has 0 aromatic heterocycles. The van der Waals surface area contributed by atoms with E-state index in [-0.39, 0.29) is 13.5 Å². The van der Waals surface area contributed by atoms with Crippen molar-refractivity contribution in [2.45, 2.75) is 76.2 Å². The molecule has 0 aromatic carbocycles. The van der Waals surface area contributed by atoms with Gasteiger partial charge in [-0.3, -0.25) is 4.79 Å². The van der Waals surface area contributed by atoms with Crippen molar-refractivity contribution in [1.29, 1.82) is 0 Å². The van der Waals surface area contributed by atoms with E-state index in [0.29, 0.717) is 23.8 Å². The van der Waals surface area contributed by atoms with Crippen molar-refractivity contribution in [3.8, 4) is 0 Å². The highest BCUT2D eigenvalue weighted by Gasteiger charge is 2.60. The molecule has 4 bridgehead atoms. The van der Waals surface area contributed by atoms with Crippen molar-refractivity contribution in [3.63, 3.8) is 0 Å². The predicted molar refractivity (Wildman–Crippen MR) is 91.9 cm³/mol. The number of rotatable bonds is 7. The molecule has 4 aliphatic carbocycles. The van der Waals surface area contributed by atoms with Crippen molar-refractivity contribution in [1.82, 2.24) is 0 Å². The molecule has 4 rings (SSSR count). The molecule has 2 atom stereocenters. The number of alkyl halides is 4. The third-order valence-electron chi connectivity index (χ3n) is 6.33. The van der Waals surface area contributed by atoms with Crippen LogP contribution in [0.15, 0.2) is 12.2 Å². The van der Waals surface area contributed by atoms with Gasteiger partial charge in [-0.2, -0.15) is 8.78 Å². The van der Waals surface area contributed by atoms with Crippen LogP contribution in [-0.4, -0.2) is 36.0 Å². The number of halogens is 4. The van der Waals surface area contributed by atoms with Crippen LogP contribution in [0.5, 0.6) is 0 Å². The van der Waals surface area contributed by atoms with Gasteiger partial charge in [0.1, 0.15) is 12.0 Å². The van der Waals surface area contributed by atoms with E-state index >= 15 is 0 Å². The standard InChI is InChI=1S/C20H26F4O4/c1-12(2)16(26)28-19-7-13-4-14(8-19)6-18(5-13,10-19)11-27-15(25)9-20(23,24)17(3,21)22/h13-14H,1,4-11H2,2-3H3. The van der Waals surface area contributed by atoms with E-state index in [1.807, 2.05) is 0 Å². The Morgan fingerprint density at radius 2 is 1.68 bits per heavy atom. The summed E-state index contributed by atoms with van der Waals surface area (Å²) < 4.78 is 63.6. The highest BCUT2D eigenvalue weighted by Crippen LogP contribution is 2.63. The van der Waals surface area contributed by atoms with Gasteiger partial charge in [-0.25, -0.2) is 13.6 Å². The van der Waals surface area contributed by atoms with Crippen molar-refractivity contribution in [2.24, 2.45) is 17.3 Å². The van der Waals surface area contributed by atoms with Crippen LogP contribution in [0.3, 0.4) is 0 Å². The molecule has 28 heavy (non-hydrogen) atoms. The lowest BCUT2D eigenvalue weighted by Gasteiger charge is -2.60. The Hall–Kier alpha value is -1.60. The van der Waals surface area contributed by atoms with Crippen molar-refractivity contribution in [2.75, 3.05) is 6.61 Å². The van der Waals surface area contributed by atoms with Crippen LogP contribution in [0.1, 0.15) is 58.8 Å². The molecule has 0 heterocycles. The Bertz CT molecular complexity index is 668. The van der Waals surface area contributed by atoms with Gasteiger partial charge in [0.05, 0.1) is 6.61 Å². The molecule has 4 aliphatic rings. The van der Waals surface area contributed by atoms with Crippen molar-refractivity contribution < 1.29 is 36.6 Å². The van der Waals surface area contributed by atoms with Crippen molar-refractivity contribution in [3.05, 3.63) is 12.2 Å². The molecule has 0 saturated heterocycles. The van der Waals surface area contributed by atoms with Gasteiger partial charge in [0.25, 0.3) is 0 Å². The smallest absolute Gasteiger partial charge is 0.333 e. The van der Waals surface area contributed by atoms with E-state index in [0.717, 1.165) is 32.1 Å². The van der Waals surface area contributed by atoms with Gasteiger partial charge in [0.15, 0.2) is 0 Å². The molecule has 0 N–H and O–H groups in total. The fraction of sp³-hybridized carbons (Fsp3) is 0.800. The zero-order valence-corrected chi connectivity index (χ0v) is 16.2. The maximum Gasteiger partial charge on any atom is 0.333 e. The second-order valence-electron chi connectivity index (χ2n) is 9.24. The zero-order valence-electron chi connectivity index (χ0n) is 16.2. The van der Waals surface area contributed by atoms with E-state index in [2.05, 4.69) is 6.58 Å². The van der Waals surface area contributed by atoms with E-state index in [4.69, 9.17) is 9.47 Å². The molecule has 0 spiro atoms. The number of carbonyl (C=O) groups is 2. The summed E-state index contributed by atoms with van der Waals surface area (Å²) in [6.45, 7) is 5.15. The predicted octanol–water partition coefficient (Wildman–Crippen LogP) is 4.67. The summed E-state index contributed by atoms with van der Waals surface area (Å²) in [6, 6.07) is 0. The first-order valence-electron chi connectivity index (χ1n) is 9.55. The van der Waals surface area contributed by atoms with Gasteiger partial charge in [-0.1, -0.05) is 6.58 Å². The first-order chi connectivity index (χ1) is 12.7. The quantitative estimate of drug-likeness (QED) is 0.350. The summed E-state index contributed by atoms with van der Waals surface area (Å²) in [5.41, 5.74) is -0.801. The van der Waals surface area contributed by atoms with Gasteiger partial charge in [-0.15, -0.1) is 0 Å². The van der Waals surface area contributed by atoms with Gasteiger partial charge >= 0.3 is 23.8 Å². The lowest BCUT2D eigenvalue weighted by atomic mass is 9.48. The van der Waals surface area contributed by atoms with Crippen LogP contribution in [0.4, 0.5) is 17.6 Å². The molecule has 0 aromatic rings. The lowest BCUT2D eigenvalue weighted by molar-refractivity contribution is -0.218. The Morgan fingerprint density at radius 1 is 1.11 bits per heavy atom. The van der Waals surface area contributed by atoms with Crippen LogP contribution >= 0.6 is 0 Å². The molecular weight excluding hydrogens is 380 g/mol. The molecule has 0 amide bonds. The summed E-state index contributed by atoms with van der Waals surface area (Å²) in [5, 5.41) is 0. The van der Waals surface area contributed by atoms with Gasteiger partial charge < -0.3 is 9.47 Å². The topological polar surface area (TPSA) is 52.6 Å². The molecule has 0 aliphatic heterocycles. The molecule has 4 saturated carbocycles. The Labute approximate surface area is 161 Å². The maximum atomic E-state index is 13.4. The average Bonchev–Trinajstić information content (AvgIpc) is 2.49. The van der Waals surface area contributed by atoms with Crippen LogP contribution in [0, 0.1) is 17.3 Å². The minimum Gasteiger partial charge on any atom is -0.465 e. The third kappa shape index (κ3) is 4.06. The average molecular weight is 406 g/mol. The molecule has 2 unspecified atom stereocenters. The largest absolute Gasteiger partial charge is 0.465 e. The normalized spacial score (nSPS) is 34.2. The second kappa shape index (κ2) is 6.73. The zero-order chi connectivity index (χ0) is 21.0. The highest BCUT2D eigenvalue weighted by molar-refractivity contribution is 5.87. The SMILES string of the molecule is C=C(C)C(=O)OC12CC3CC(CC(COC(=O)CC(F)(F)C(C)(F)F)(C3)C1)C2. The summed E-state index contributed by atoms with van der Waals surface area (Å²) >= 11 is 0. The number of hydrogen-bond acceptors (Lipinski definition) is 4. The molecular formula is C20H26F4O4. The van der Waals surface area contributed by atoms with Gasteiger partial charge in [0, 0.05) is 17.9 Å². The third-order valence-corrected chi connectivity index (χ3v) is 6.33. The summed E-state index contributed by atoms with van der Waals surface area (Å²) in [5.74, 6) is -9.94. The summed E-state index contributed by atoms with van der Waals surface area (Å²) in [7, 11) is 0. The molecule has 4 fully saturated rings. The first kappa shape index (κ1) is 21.1. The van der Waals surface area contributed by atoms with Crippen LogP contribution < -0.4 is 0 Å². The van der Waals surface area contributed by atoms with Gasteiger partial charge in [-0.05, 0) is 57.3 Å². The minimum absolute atomic E-state index is 0.0824. The summed E-state index contributed by atoms with van der Waals surface area (Å²) in [6.07, 6.45) is 2.81. The maximum absolute atomic E-state index is 13.4. The highest BCUT2D eigenvalue weighted by atomic mass is 19.3. The fourth-order valence-electron chi connectivity index (χ4n) is 5.56. The van der Waals surface area contributed by atoms with Crippen molar-refractivity contribution >= 4 is 11.9 Å². The fourth-order valence-corrected chi connectivity index (χ4v) is 5.56. The van der Waals surface area contributed by atoms with Crippen LogP contribution in [0.25, 0.3) is 0 Å². The first-order valence-corrected chi connectivity index (χ1v) is 9.55. The van der Waals surface area contributed by atoms with Crippen LogP contribution in [0.2, 0.25) is 0 Å². The number of esters is 2. The monoisotopic (exact) mass is 406 g/mol. The Morgan fingerprint density at radius 3 is 2.18 bits per heavy atom. The number of hydrogen-bond donors (Lipinski definition) is 0. The molecule has 8 heteroatoms. The Kier molecular flexibility index (Phi) is 5.08. The van der Waals surface area contributed by atoms with Crippen LogP contribution in [-0.2, 0) is 19.1 Å². The minimum atomic E-state index is -4.45. The lowest BCUT2D eigenvalue weighted by Crippen LogP contribution is -2.58. The molecule has 158 valence electrons. The second-order valence-corrected chi connectivity index (χ2v) is 9.24. The van der Waals surface area contributed by atoms with E-state index in [1.165, 1.54) is 0 Å². The number of carbonyl (C=O) groups excluding carboxylic acids is 2. The van der Waals surface area contributed by atoms with E-state index in [1.54, 1.807) is 6.92 Å². The van der Waals surface area contributed by atoms with E-state index in [9.17, 15) is 27.2 Å². The molecule has 4 nitrogen and oxygen atoms in total. The number of ether oxygens (including phenoxy) is 2. The molecule has 0 radical (unpaired) electrons.